The zero-order valence-corrected chi connectivity index (χ0v) is 38.1. The number of rotatable bonds is 26. The van der Waals surface area contributed by atoms with E-state index in [1.165, 1.54) is 23.1 Å². The summed E-state index contributed by atoms with van der Waals surface area (Å²) in [5.41, 5.74) is 6.26. The minimum atomic E-state index is -0.871. The van der Waals surface area contributed by atoms with E-state index in [1.54, 1.807) is 24.3 Å². The summed E-state index contributed by atoms with van der Waals surface area (Å²) in [6.45, 7) is 6.09. The van der Waals surface area contributed by atoms with Gasteiger partial charge in [-0.15, -0.1) is 11.6 Å². The van der Waals surface area contributed by atoms with Crippen molar-refractivity contribution in [3.63, 3.8) is 0 Å². The number of aromatic nitrogens is 1. The van der Waals surface area contributed by atoms with Crippen LogP contribution in [0.25, 0.3) is 10.9 Å². The number of carbonyl (C=O) groups is 4. The highest BCUT2D eigenvalue weighted by molar-refractivity contribution is 6.27. The van der Waals surface area contributed by atoms with Gasteiger partial charge in [-0.25, -0.2) is 4.79 Å². The number of hydrogen-bond donors (Lipinski definition) is 3. The molecule has 0 aliphatic carbocycles. The molecule has 4 aromatic carbocycles. The summed E-state index contributed by atoms with van der Waals surface area (Å²) in [5.74, 6) is -1.54. The molecule has 0 spiro atoms. The fourth-order valence-electron chi connectivity index (χ4n) is 8.68. The van der Waals surface area contributed by atoms with Gasteiger partial charge in [-0.05, 0) is 59.7 Å². The van der Waals surface area contributed by atoms with Crippen molar-refractivity contribution in [2.75, 3.05) is 78.9 Å². The molecule has 0 fully saturated rings. The molecular formula is C51H61ClN4O9. The number of ether oxygens (including phenoxy) is 5. The van der Waals surface area contributed by atoms with Crippen LogP contribution in [0.4, 0.5) is 0 Å². The number of nitrogens with zero attached hydrogens (tertiary/aromatic N) is 1. The first-order valence-electron chi connectivity index (χ1n) is 22.4. The zero-order valence-electron chi connectivity index (χ0n) is 37.4. The molecule has 3 amide bonds. The van der Waals surface area contributed by atoms with E-state index >= 15 is 0 Å². The molecule has 0 radical (unpaired) electrons. The van der Waals surface area contributed by atoms with Gasteiger partial charge in [0, 0.05) is 53.5 Å². The van der Waals surface area contributed by atoms with Gasteiger partial charge in [-0.1, -0.05) is 97.9 Å². The summed E-state index contributed by atoms with van der Waals surface area (Å²) in [6.07, 6.45) is 3.34. The van der Waals surface area contributed by atoms with Crippen molar-refractivity contribution in [3.05, 3.63) is 143 Å². The van der Waals surface area contributed by atoms with Crippen molar-refractivity contribution >= 4 is 46.2 Å². The Bertz CT molecular complexity index is 2230. The molecule has 1 aliphatic rings. The van der Waals surface area contributed by atoms with Gasteiger partial charge >= 0.3 is 5.97 Å². The van der Waals surface area contributed by atoms with Crippen molar-refractivity contribution in [2.24, 2.45) is 0 Å². The number of nitrogens with one attached hydrogen (secondary N) is 3. The zero-order chi connectivity index (χ0) is 45.9. The van der Waals surface area contributed by atoms with Crippen LogP contribution in [0.1, 0.15) is 77.0 Å². The predicted molar refractivity (Wildman–Crippen MR) is 250 cm³/mol. The molecule has 346 valence electrons. The smallest absolute Gasteiger partial charge is 0.328 e. The lowest BCUT2D eigenvalue weighted by Crippen LogP contribution is -2.52. The maximum Gasteiger partial charge on any atom is 0.328 e. The van der Waals surface area contributed by atoms with Crippen LogP contribution in [0.2, 0.25) is 0 Å². The normalized spacial score (nSPS) is 14.8. The summed E-state index contributed by atoms with van der Waals surface area (Å²) < 4.78 is 27.5. The van der Waals surface area contributed by atoms with E-state index in [-0.39, 0.29) is 29.5 Å². The van der Waals surface area contributed by atoms with Gasteiger partial charge in [0.15, 0.2) is 0 Å². The Morgan fingerprint density at radius 3 is 1.91 bits per heavy atom. The first-order chi connectivity index (χ1) is 31.8. The topological polar surface area (TPSA) is 158 Å². The number of halogens is 1. The van der Waals surface area contributed by atoms with Gasteiger partial charge in [0.05, 0.1) is 66.0 Å². The lowest BCUT2D eigenvalue weighted by molar-refractivity contribution is -0.154. The van der Waals surface area contributed by atoms with E-state index < -0.39 is 24.0 Å². The fourth-order valence-corrected chi connectivity index (χ4v) is 8.81. The number of benzene rings is 4. The Morgan fingerprint density at radius 1 is 0.723 bits per heavy atom. The van der Waals surface area contributed by atoms with Gasteiger partial charge in [0.2, 0.25) is 11.8 Å². The minimum absolute atomic E-state index is 0.0231. The van der Waals surface area contributed by atoms with Crippen LogP contribution in [0.5, 0.6) is 0 Å². The Labute approximate surface area is 386 Å². The largest absolute Gasteiger partial charge is 0.467 e. The summed E-state index contributed by atoms with van der Waals surface area (Å²) in [6, 6.07) is 34.5. The Balaban J connectivity index is 0.804. The third-order valence-electron chi connectivity index (χ3n) is 12.0. The molecule has 2 heterocycles. The maximum atomic E-state index is 13.3. The second-order valence-electron chi connectivity index (χ2n) is 15.8. The highest BCUT2D eigenvalue weighted by Crippen LogP contribution is 2.42. The molecule has 0 saturated carbocycles. The summed E-state index contributed by atoms with van der Waals surface area (Å²) in [5, 5.41) is 6.88. The lowest BCUT2D eigenvalue weighted by atomic mass is 9.69. The summed E-state index contributed by atoms with van der Waals surface area (Å²) in [7, 11) is 1.30. The number of para-hydroxylation sites is 1. The van der Waals surface area contributed by atoms with Crippen LogP contribution in [0, 0.1) is 0 Å². The Morgan fingerprint density at radius 2 is 1.31 bits per heavy atom. The van der Waals surface area contributed by atoms with Crippen molar-refractivity contribution in [2.45, 2.75) is 56.5 Å². The van der Waals surface area contributed by atoms with E-state index in [1.807, 2.05) is 36.4 Å². The first kappa shape index (κ1) is 48.9. The molecule has 1 aliphatic heterocycles. The third-order valence-corrected chi connectivity index (χ3v) is 12.2. The van der Waals surface area contributed by atoms with Crippen LogP contribution < -0.4 is 10.6 Å². The van der Waals surface area contributed by atoms with E-state index in [9.17, 15) is 19.2 Å². The van der Waals surface area contributed by atoms with Crippen LogP contribution in [-0.4, -0.2) is 119 Å². The number of esters is 1. The average Bonchev–Trinajstić information content (AvgIpc) is 3.73. The Hall–Kier alpha value is -5.57. The van der Waals surface area contributed by atoms with Crippen LogP contribution in [-0.2, 0) is 49.9 Å². The van der Waals surface area contributed by atoms with E-state index in [4.69, 9.17) is 35.3 Å². The second kappa shape index (κ2) is 25.2. The van der Waals surface area contributed by atoms with Crippen LogP contribution in [0.3, 0.4) is 0 Å². The number of carbonyl (C=O) groups excluding carboxylic acids is 4. The van der Waals surface area contributed by atoms with Gasteiger partial charge in [-0.2, -0.15) is 0 Å². The van der Waals surface area contributed by atoms with Crippen molar-refractivity contribution < 1.29 is 42.9 Å². The van der Waals surface area contributed by atoms with Crippen molar-refractivity contribution in [3.8, 4) is 0 Å². The molecular weight excluding hydrogens is 848 g/mol. The average molecular weight is 910 g/mol. The maximum absolute atomic E-state index is 13.3. The summed E-state index contributed by atoms with van der Waals surface area (Å²) in [4.78, 5) is 56.7. The van der Waals surface area contributed by atoms with Crippen molar-refractivity contribution in [1.29, 1.82) is 0 Å². The highest BCUT2D eigenvalue weighted by atomic mass is 35.5. The number of amides is 3. The molecule has 1 aromatic heterocycles. The fraction of sp³-hybridized carbons (Fsp3) is 0.412. The number of H-pyrrole nitrogens is 1. The predicted octanol–water partition coefficient (Wildman–Crippen LogP) is 6.90. The van der Waals surface area contributed by atoms with E-state index in [2.05, 4.69) is 71.1 Å². The summed E-state index contributed by atoms with van der Waals surface area (Å²) >= 11 is 6.06. The quantitative estimate of drug-likeness (QED) is 0.0305. The number of hydrogen-bond acceptors (Lipinski definition) is 9. The molecule has 3 N–H and O–H groups in total. The highest BCUT2D eigenvalue weighted by Gasteiger charge is 2.44. The third kappa shape index (κ3) is 12.8. The number of methoxy groups -OCH3 is 1. The van der Waals surface area contributed by atoms with Gasteiger partial charge < -0.3 is 44.2 Å². The lowest BCUT2D eigenvalue weighted by Gasteiger charge is -2.40. The van der Waals surface area contributed by atoms with Gasteiger partial charge in [0.1, 0.15) is 11.9 Å². The standard InChI is InChI=1S/C51H61ClN4O9/c1-3-51(39-13-6-4-7-14-39,40-15-8-5-9-16-40)24-12-25-53-45(57)23-27-62-29-31-64-33-34-65-32-30-63-28-26-54-49(59)38-21-19-37(20-22-38)48-47-42(41-17-10-11-18-43(41)55-47)35-44(50(60)61-2)56(48)46(58)36-52/h4-11,13-22,44,48,55H,3,12,23-36H2,1-2H3,(H,53,57)(H,54,59)/t44-,48+/m1/s1. The number of aromatic amines is 1. The molecule has 5 aromatic rings. The Kier molecular flexibility index (Phi) is 19.0. The number of alkyl halides is 1. The van der Waals surface area contributed by atoms with Crippen LogP contribution >= 0.6 is 11.6 Å². The molecule has 0 saturated heterocycles. The van der Waals surface area contributed by atoms with Gasteiger partial charge in [-0.3, -0.25) is 14.4 Å². The minimum Gasteiger partial charge on any atom is -0.467 e. The molecule has 0 unspecified atom stereocenters. The molecule has 0 bridgehead atoms. The first-order valence-corrected chi connectivity index (χ1v) is 23.0. The molecule has 13 nitrogen and oxygen atoms in total. The van der Waals surface area contributed by atoms with E-state index in [0.717, 1.165) is 41.4 Å². The van der Waals surface area contributed by atoms with Crippen molar-refractivity contribution in [1.82, 2.24) is 20.5 Å². The monoisotopic (exact) mass is 908 g/mol. The van der Waals surface area contributed by atoms with Crippen LogP contribution in [0.15, 0.2) is 109 Å². The molecule has 6 rings (SSSR count). The molecule has 14 heteroatoms. The van der Waals surface area contributed by atoms with Gasteiger partial charge in [0.25, 0.3) is 5.91 Å². The molecule has 2 atom stereocenters. The SMILES string of the molecule is CCC(CCCNC(=O)CCOCCOCCOCCOCCNC(=O)c1ccc([C@H]2c3[nH]c4ccccc4c3C[C@H](C(=O)OC)N2C(=O)CCl)cc1)(c1ccccc1)c1ccccc1. The van der Waals surface area contributed by atoms with E-state index in [0.29, 0.717) is 83.5 Å². The second-order valence-corrected chi connectivity index (χ2v) is 16.1. The molecule has 65 heavy (non-hydrogen) atoms. The number of fused-ring (bicyclic) bond motifs is 3.